The molecular weight excluding hydrogens is 364 g/mol. The van der Waals surface area contributed by atoms with E-state index in [4.69, 9.17) is 16.3 Å². The molecule has 0 spiro atoms. The SMILES string of the molecule is CCc1ccc(C(=O)[C@H](C)OC(=O)/C=C/c2c(Cl)nc3ccccn23)cc1. The molecule has 0 aliphatic carbocycles. The van der Waals surface area contributed by atoms with E-state index < -0.39 is 12.1 Å². The lowest BCUT2D eigenvalue weighted by molar-refractivity contribution is -0.140. The van der Waals surface area contributed by atoms with Crippen LogP contribution < -0.4 is 0 Å². The number of rotatable bonds is 6. The van der Waals surface area contributed by atoms with E-state index >= 15 is 0 Å². The van der Waals surface area contributed by atoms with Crippen molar-refractivity contribution in [1.82, 2.24) is 9.38 Å². The van der Waals surface area contributed by atoms with Crippen LogP contribution in [0.15, 0.2) is 54.7 Å². The number of ether oxygens (including phenoxy) is 1. The van der Waals surface area contributed by atoms with Crippen molar-refractivity contribution in [3.05, 3.63) is 76.7 Å². The first-order valence-corrected chi connectivity index (χ1v) is 9.02. The number of hydrogen-bond acceptors (Lipinski definition) is 4. The molecule has 0 amide bonds. The Morgan fingerprint density at radius 2 is 1.96 bits per heavy atom. The van der Waals surface area contributed by atoms with Crippen LogP contribution in [0.5, 0.6) is 0 Å². The van der Waals surface area contributed by atoms with Gasteiger partial charge in [0, 0.05) is 17.8 Å². The van der Waals surface area contributed by atoms with Gasteiger partial charge in [-0.2, -0.15) is 0 Å². The molecule has 27 heavy (non-hydrogen) atoms. The first-order valence-electron chi connectivity index (χ1n) is 8.64. The summed E-state index contributed by atoms with van der Waals surface area (Å²) in [4.78, 5) is 28.7. The van der Waals surface area contributed by atoms with Crippen molar-refractivity contribution < 1.29 is 14.3 Å². The highest BCUT2D eigenvalue weighted by Gasteiger charge is 2.18. The summed E-state index contributed by atoms with van der Waals surface area (Å²) in [7, 11) is 0. The Balaban J connectivity index is 1.68. The Bertz CT molecular complexity index is 1010. The van der Waals surface area contributed by atoms with E-state index in [1.54, 1.807) is 29.7 Å². The number of fused-ring (bicyclic) bond motifs is 1. The molecule has 2 aromatic heterocycles. The van der Waals surface area contributed by atoms with Gasteiger partial charge in [0.05, 0.1) is 5.69 Å². The highest BCUT2D eigenvalue weighted by molar-refractivity contribution is 6.31. The predicted molar refractivity (Wildman–Crippen MR) is 105 cm³/mol. The maximum absolute atomic E-state index is 12.4. The van der Waals surface area contributed by atoms with Crippen LogP contribution in [0.1, 0.15) is 35.5 Å². The molecule has 0 bridgehead atoms. The molecule has 6 heteroatoms. The second-order valence-electron chi connectivity index (χ2n) is 6.04. The van der Waals surface area contributed by atoms with Gasteiger partial charge in [0.1, 0.15) is 5.65 Å². The standard InChI is InChI=1S/C21H19ClN2O3/c1-3-15-7-9-16(10-8-15)20(26)14(2)27-19(25)12-11-17-21(22)23-18-6-4-5-13-24(17)18/h4-14H,3H2,1-2H3/b12-11+/t14-/m0/s1. The van der Waals surface area contributed by atoms with Crippen molar-refractivity contribution in [2.75, 3.05) is 0 Å². The van der Waals surface area contributed by atoms with Gasteiger partial charge in [-0.1, -0.05) is 48.9 Å². The summed E-state index contributed by atoms with van der Waals surface area (Å²) in [5, 5.41) is 0.283. The fourth-order valence-corrected chi connectivity index (χ4v) is 2.93. The molecule has 3 rings (SSSR count). The Morgan fingerprint density at radius 1 is 1.22 bits per heavy atom. The summed E-state index contributed by atoms with van der Waals surface area (Å²) in [6.45, 7) is 3.60. The van der Waals surface area contributed by atoms with E-state index in [-0.39, 0.29) is 10.9 Å². The predicted octanol–water partition coefficient (Wildman–Crippen LogP) is 4.38. The van der Waals surface area contributed by atoms with Crippen LogP contribution in [-0.4, -0.2) is 27.2 Å². The molecule has 5 nitrogen and oxygen atoms in total. The van der Waals surface area contributed by atoms with Crippen LogP contribution in [0.4, 0.5) is 0 Å². The van der Waals surface area contributed by atoms with E-state index in [0.717, 1.165) is 12.0 Å². The minimum atomic E-state index is -0.882. The highest BCUT2D eigenvalue weighted by Crippen LogP contribution is 2.19. The number of esters is 1. The molecule has 0 N–H and O–H groups in total. The molecule has 0 radical (unpaired) electrons. The van der Waals surface area contributed by atoms with Crippen molar-refractivity contribution in [2.45, 2.75) is 26.4 Å². The number of carbonyl (C=O) groups is 2. The number of aromatic nitrogens is 2. The Kier molecular flexibility index (Phi) is 5.72. The number of benzene rings is 1. The Morgan fingerprint density at radius 3 is 2.67 bits per heavy atom. The number of imidazole rings is 1. The topological polar surface area (TPSA) is 60.7 Å². The molecular formula is C21H19ClN2O3. The third-order valence-corrected chi connectivity index (χ3v) is 4.49. The maximum Gasteiger partial charge on any atom is 0.331 e. The van der Waals surface area contributed by atoms with Crippen LogP contribution in [-0.2, 0) is 16.0 Å². The van der Waals surface area contributed by atoms with Gasteiger partial charge >= 0.3 is 5.97 Å². The van der Waals surface area contributed by atoms with Crippen molar-refractivity contribution in [2.24, 2.45) is 0 Å². The van der Waals surface area contributed by atoms with E-state index in [0.29, 0.717) is 16.9 Å². The normalized spacial score (nSPS) is 12.4. The second kappa shape index (κ2) is 8.18. The number of nitrogens with zero attached hydrogens (tertiary/aromatic N) is 2. The quantitative estimate of drug-likeness (QED) is 0.360. The maximum atomic E-state index is 12.4. The van der Waals surface area contributed by atoms with Gasteiger partial charge in [0.2, 0.25) is 5.78 Å². The van der Waals surface area contributed by atoms with Crippen LogP contribution in [0.3, 0.4) is 0 Å². The molecule has 3 aromatic rings. The first-order chi connectivity index (χ1) is 13.0. The molecule has 0 aliphatic rings. The second-order valence-corrected chi connectivity index (χ2v) is 6.40. The zero-order valence-electron chi connectivity index (χ0n) is 15.1. The zero-order valence-corrected chi connectivity index (χ0v) is 15.8. The molecule has 0 unspecified atom stereocenters. The van der Waals surface area contributed by atoms with Crippen molar-refractivity contribution in [1.29, 1.82) is 0 Å². The van der Waals surface area contributed by atoms with Gasteiger partial charge in [-0.3, -0.25) is 9.20 Å². The Labute approximate surface area is 162 Å². The number of ketones is 1. The summed E-state index contributed by atoms with van der Waals surface area (Å²) in [5.74, 6) is -0.866. The van der Waals surface area contributed by atoms with Crippen molar-refractivity contribution in [3.63, 3.8) is 0 Å². The molecule has 0 fully saturated rings. The number of Topliss-reactive ketones (excluding diaryl/α,β-unsaturated/α-hetero) is 1. The molecule has 0 saturated carbocycles. The number of halogens is 1. The molecule has 0 saturated heterocycles. The molecule has 2 heterocycles. The van der Waals surface area contributed by atoms with Crippen LogP contribution in [0.25, 0.3) is 11.7 Å². The number of hydrogen-bond donors (Lipinski definition) is 0. The third-order valence-electron chi connectivity index (χ3n) is 4.21. The van der Waals surface area contributed by atoms with Gasteiger partial charge < -0.3 is 4.74 Å². The van der Waals surface area contributed by atoms with E-state index in [9.17, 15) is 9.59 Å². The van der Waals surface area contributed by atoms with E-state index in [2.05, 4.69) is 4.98 Å². The Hall–Kier alpha value is -2.92. The smallest absolute Gasteiger partial charge is 0.331 e. The van der Waals surface area contributed by atoms with Gasteiger partial charge in [-0.05, 0) is 37.1 Å². The molecule has 1 aromatic carbocycles. The fraction of sp³-hybridized carbons (Fsp3) is 0.190. The van der Waals surface area contributed by atoms with Crippen LogP contribution in [0, 0.1) is 0 Å². The lowest BCUT2D eigenvalue weighted by atomic mass is 10.0. The average Bonchev–Trinajstić information content (AvgIpc) is 3.00. The average molecular weight is 383 g/mol. The molecule has 0 aliphatic heterocycles. The third kappa shape index (κ3) is 4.26. The van der Waals surface area contributed by atoms with Crippen molar-refractivity contribution >= 4 is 35.1 Å². The lowest BCUT2D eigenvalue weighted by Crippen LogP contribution is -2.23. The van der Waals surface area contributed by atoms with Crippen LogP contribution in [0.2, 0.25) is 5.15 Å². The zero-order chi connectivity index (χ0) is 19.4. The van der Waals surface area contributed by atoms with Crippen molar-refractivity contribution in [3.8, 4) is 0 Å². The van der Waals surface area contributed by atoms with Gasteiger partial charge in [-0.25, -0.2) is 9.78 Å². The summed E-state index contributed by atoms with van der Waals surface area (Å²) >= 11 is 6.12. The van der Waals surface area contributed by atoms with Crippen LogP contribution >= 0.6 is 11.6 Å². The molecule has 138 valence electrons. The van der Waals surface area contributed by atoms with Gasteiger partial charge in [0.25, 0.3) is 0 Å². The highest BCUT2D eigenvalue weighted by atomic mass is 35.5. The summed E-state index contributed by atoms with van der Waals surface area (Å²) < 4.78 is 6.99. The number of carbonyl (C=O) groups excluding carboxylic acids is 2. The van der Waals surface area contributed by atoms with Gasteiger partial charge in [-0.15, -0.1) is 0 Å². The monoisotopic (exact) mass is 382 g/mol. The van der Waals surface area contributed by atoms with Gasteiger partial charge in [0.15, 0.2) is 11.3 Å². The van der Waals surface area contributed by atoms with E-state index in [1.165, 1.54) is 12.2 Å². The first kappa shape index (κ1) is 18.9. The largest absolute Gasteiger partial charge is 0.451 e. The minimum Gasteiger partial charge on any atom is -0.451 e. The molecule has 1 atom stereocenters. The minimum absolute atomic E-state index is 0.243. The summed E-state index contributed by atoms with van der Waals surface area (Å²) in [6, 6.07) is 12.8. The summed E-state index contributed by atoms with van der Waals surface area (Å²) in [5.41, 5.74) is 2.90. The lowest BCUT2D eigenvalue weighted by Gasteiger charge is -2.11. The van der Waals surface area contributed by atoms with E-state index in [1.807, 2.05) is 37.3 Å². The number of pyridine rings is 1. The fourth-order valence-electron chi connectivity index (χ4n) is 2.69. The summed E-state index contributed by atoms with van der Waals surface area (Å²) in [6.07, 6.45) is 4.58. The number of aryl methyl sites for hydroxylation is 1.